The molecule has 2 aromatic rings. The third-order valence-electron chi connectivity index (χ3n) is 7.12. The van der Waals surface area contributed by atoms with Gasteiger partial charge >= 0.3 is 0 Å². The summed E-state index contributed by atoms with van der Waals surface area (Å²) in [6.45, 7) is 1.67. The van der Waals surface area contributed by atoms with Crippen molar-refractivity contribution in [1.82, 2.24) is 10.6 Å². The van der Waals surface area contributed by atoms with E-state index in [1.54, 1.807) is 0 Å². The van der Waals surface area contributed by atoms with Gasteiger partial charge in [-0.25, -0.2) is 0 Å². The average Bonchev–Trinajstić information content (AvgIpc) is 3.33. The predicted molar refractivity (Wildman–Crippen MR) is 125 cm³/mol. The largest absolute Gasteiger partial charge is 0.493 e. The van der Waals surface area contributed by atoms with E-state index in [1.807, 2.05) is 42.5 Å². The molecular formula is C27H34N2O3. The zero-order valence-corrected chi connectivity index (χ0v) is 18.8. The van der Waals surface area contributed by atoms with Crippen molar-refractivity contribution in [2.75, 3.05) is 13.2 Å². The number of para-hydroxylation sites is 1. The summed E-state index contributed by atoms with van der Waals surface area (Å²) in [7, 11) is 0. The maximum absolute atomic E-state index is 12.9. The molecule has 170 valence electrons. The maximum Gasteiger partial charge on any atom is 0.237 e. The van der Waals surface area contributed by atoms with Gasteiger partial charge in [0.1, 0.15) is 17.2 Å². The molecule has 2 fully saturated rings. The molecule has 2 aliphatic heterocycles. The molecule has 1 amide bonds. The van der Waals surface area contributed by atoms with Gasteiger partial charge in [0, 0.05) is 17.2 Å². The lowest BCUT2D eigenvalue weighted by molar-refractivity contribution is -0.123. The van der Waals surface area contributed by atoms with Gasteiger partial charge in [0.25, 0.3) is 0 Å². The predicted octanol–water partition coefficient (Wildman–Crippen LogP) is 5.49. The van der Waals surface area contributed by atoms with Gasteiger partial charge in [0.2, 0.25) is 5.91 Å². The third kappa shape index (κ3) is 4.78. The van der Waals surface area contributed by atoms with E-state index in [0.717, 1.165) is 54.4 Å². The van der Waals surface area contributed by atoms with Crippen molar-refractivity contribution in [1.29, 1.82) is 0 Å². The maximum atomic E-state index is 12.9. The second-order valence-electron chi connectivity index (χ2n) is 9.45. The van der Waals surface area contributed by atoms with E-state index >= 15 is 0 Å². The minimum Gasteiger partial charge on any atom is -0.493 e. The Bertz CT molecular complexity index is 930. The number of carbonyl (C=O) groups excluding carboxylic acids is 1. The molecule has 0 aromatic heterocycles. The van der Waals surface area contributed by atoms with Crippen LogP contribution >= 0.6 is 0 Å². The summed E-state index contributed by atoms with van der Waals surface area (Å²) in [6.07, 6.45) is 11.2. The van der Waals surface area contributed by atoms with Gasteiger partial charge in [0.05, 0.1) is 18.7 Å². The van der Waals surface area contributed by atoms with Crippen molar-refractivity contribution >= 4 is 5.91 Å². The van der Waals surface area contributed by atoms with Crippen LogP contribution in [0.3, 0.4) is 0 Å². The third-order valence-corrected chi connectivity index (χ3v) is 7.12. The Morgan fingerprint density at radius 2 is 1.72 bits per heavy atom. The Labute approximate surface area is 190 Å². The van der Waals surface area contributed by atoms with E-state index in [-0.39, 0.29) is 18.0 Å². The van der Waals surface area contributed by atoms with Crippen LogP contribution in [0.2, 0.25) is 0 Å². The molecular weight excluding hydrogens is 400 g/mol. The number of fused-ring (bicyclic) bond motifs is 2. The molecule has 1 aliphatic carbocycles. The summed E-state index contributed by atoms with van der Waals surface area (Å²) in [5.74, 6) is 3.09. The number of hydrogen-bond acceptors (Lipinski definition) is 4. The lowest BCUT2D eigenvalue weighted by atomic mass is 9.92. The molecule has 2 atom stereocenters. The Morgan fingerprint density at radius 3 is 2.53 bits per heavy atom. The molecule has 5 rings (SSSR count). The highest BCUT2D eigenvalue weighted by atomic mass is 16.5. The smallest absolute Gasteiger partial charge is 0.237 e. The van der Waals surface area contributed by atoms with Crippen LogP contribution < -0.4 is 20.1 Å². The highest BCUT2D eigenvalue weighted by Gasteiger charge is 2.31. The van der Waals surface area contributed by atoms with E-state index in [0.29, 0.717) is 5.92 Å². The summed E-state index contributed by atoms with van der Waals surface area (Å²) >= 11 is 0. The van der Waals surface area contributed by atoms with Crippen molar-refractivity contribution in [2.45, 2.75) is 69.9 Å². The van der Waals surface area contributed by atoms with Crippen molar-refractivity contribution in [3.05, 3.63) is 53.6 Å². The van der Waals surface area contributed by atoms with Gasteiger partial charge in [0.15, 0.2) is 0 Å². The van der Waals surface area contributed by atoms with E-state index in [4.69, 9.17) is 9.47 Å². The molecule has 2 heterocycles. The molecule has 2 aromatic carbocycles. The first-order valence-electron chi connectivity index (χ1n) is 12.4. The van der Waals surface area contributed by atoms with Crippen LogP contribution in [0.1, 0.15) is 75.0 Å². The molecule has 0 bridgehead atoms. The number of rotatable bonds is 5. The van der Waals surface area contributed by atoms with E-state index in [2.05, 4.69) is 10.6 Å². The highest BCUT2D eigenvalue weighted by Crippen LogP contribution is 2.44. The minimum absolute atomic E-state index is 0.0553. The Kier molecular flexibility index (Phi) is 6.63. The van der Waals surface area contributed by atoms with Crippen LogP contribution in [-0.2, 0) is 4.79 Å². The van der Waals surface area contributed by atoms with E-state index in [9.17, 15) is 4.79 Å². The van der Waals surface area contributed by atoms with Crippen molar-refractivity contribution in [2.24, 2.45) is 5.92 Å². The van der Waals surface area contributed by atoms with Crippen molar-refractivity contribution in [3.8, 4) is 17.2 Å². The fourth-order valence-corrected chi connectivity index (χ4v) is 5.26. The van der Waals surface area contributed by atoms with E-state index < -0.39 is 0 Å². The minimum atomic E-state index is -0.218. The van der Waals surface area contributed by atoms with Crippen molar-refractivity contribution < 1.29 is 14.3 Å². The first-order valence-corrected chi connectivity index (χ1v) is 12.4. The number of ether oxygens (including phenoxy) is 2. The van der Waals surface area contributed by atoms with Crippen LogP contribution in [0.15, 0.2) is 42.5 Å². The number of benzene rings is 2. The second kappa shape index (κ2) is 9.95. The molecule has 5 heteroatoms. The quantitative estimate of drug-likeness (QED) is 0.653. The van der Waals surface area contributed by atoms with Gasteiger partial charge in [-0.3, -0.25) is 4.79 Å². The molecule has 2 N–H and O–H groups in total. The van der Waals surface area contributed by atoms with Crippen LogP contribution in [-0.4, -0.2) is 25.1 Å². The zero-order valence-electron chi connectivity index (χ0n) is 18.8. The molecule has 1 saturated carbocycles. The first kappa shape index (κ1) is 21.3. The van der Waals surface area contributed by atoms with E-state index in [1.165, 1.54) is 44.9 Å². The number of amides is 1. The lowest BCUT2D eigenvalue weighted by Crippen LogP contribution is -2.42. The zero-order chi connectivity index (χ0) is 21.8. The standard InChI is InChI=1S/C27H34N2O3/c30-27(23-12-8-16-28-23)29-26-21-11-6-7-13-24(21)32-25-17-20(14-15-22(25)26)31-18-19-9-4-2-1-3-5-10-19/h6-7,11,13-15,17,19,23,26,28H,1-5,8-10,12,16,18H2,(H,29,30)/t23-,26?/m0/s1. The summed E-state index contributed by atoms with van der Waals surface area (Å²) in [6, 6.07) is 13.7. The molecule has 5 nitrogen and oxygen atoms in total. The van der Waals surface area contributed by atoms with Crippen LogP contribution in [0.5, 0.6) is 17.2 Å². The highest BCUT2D eigenvalue weighted by molar-refractivity contribution is 5.83. The fourth-order valence-electron chi connectivity index (χ4n) is 5.26. The Balaban J connectivity index is 1.33. The second-order valence-corrected chi connectivity index (χ2v) is 9.45. The first-order chi connectivity index (χ1) is 15.8. The molecule has 1 saturated heterocycles. The Morgan fingerprint density at radius 1 is 0.938 bits per heavy atom. The normalized spacial score (nSPS) is 23.2. The van der Waals surface area contributed by atoms with Gasteiger partial charge in [-0.15, -0.1) is 0 Å². The van der Waals surface area contributed by atoms with Gasteiger partial charge in [-0.05, 0) is 56.3 Å². The SMILES string of the molecule is O=C(NC1c2ccccc2Oc2cc(OCC3CCCCCCC3)ccc21)[C@@H]1CCCN1. The van der Waals surface area contributed by atoms with Gasteiger partial charge in [-0.2, -0.15) is 0 Å². The van der Waals surface area contributed by atoms with Gasteiger partial charge < -0.3 is 20.1 Å². The molecule has 0 spiro atoms. The fraction of sp³-hybridized carbons (Fsp3) is 0.519. The Hall–Kier alpha value is -2.53. The summed E-state index contributed by atoms with van der Waals surface area (Å²) in [4.78, 5) is 12.9. The number of carbonyl (C=O) groups is 1. The lowest BCUT2D eigenvalue weighted by Gasteiger charge is -2.30. The summed E-state index contributed by atoms with van der Waals surface area (Å²) < 4.78 is 12.5. The summed E-state index contributed by atoms with van der Waals surface area (Å²) in [5, 5.41) is 6.56. The summed E-state index contributed by atoms with van der Waals surface area (Å²) in [5.41, 5.74) is 1.97. The molecule has 1 unspecified atom stereocenters. The molecule has 3 aliphatic rings. The molecule has 32 heavy (non-hydrogen) atoms. The number of nitrogens with one attached hydrogen (secondary N) is 2. The number of hydrogen-bond donors (Lipinski definition) is 2. The van der Waals surface area contributed by atoms with Crippen molar-refractivity contribution in [3.63, 3.8) is 0 Å². The topological polar surface area (TPSA) is 59.6 Å². The molecule has 0 radical (unpaired) electrons. The average molecular weight is 435 g/mol. The monoisotopic (exact) mass is 434 g/mol. The van der Waals surface area contributed by atoms with Gasteiger partial charge in [-0.1, -0.05) is 50.3 Å². The van der Waals surface area contributed by atoms with Crippen LogP contribution in [0.25, 0.3) is 0 Å². The van der Waals surface area contributed by atoms with Crippen LogP contribution in [0, 0.1) is 5.92 Å². The van der Waals surface area contributed by atoms with Crippen LogP contribution in [0.4, 0.5) is 0 Å².